The second kappa shape index (κ2) is 6.31. The van der Waals surface area contributed by atoms with E-state index in [0.29, 0.717) is 17.5 Å². The standard InChI is InChI=1S/C17H15N3O5/c1-11-9-12(20(24)25)10-18(15(11)21)7-4-8-19-16(22)13-5-2-3-6-14(13)17(19)23/h2-3,5-6,9-10H,4,7-8H2,1H3. The lowest BCUT2D eigenvalue weighted by atomic mass is 10.1. The number of aryl methyl sites for hydroxylation is 2. The Morgan fingerprint density at radius 1 is 1.04 bits per heavy atom. The molecule has 1 aliphatic rings. The number of hydrogen-bond acceptors (Lipinski definition) is 5. The van der Waals surface area contributed by atoms with E-state index >= 15 is 0 Å². The van der Waals surface area contributed by atoms with Crippen LogP contribution in [0.25, 0.3) is 0 Å². The van der Waals surface area contributed by atoms with E-state index in [1.54, 1.807) is 24.3 Å². The molecule has 0 spiro atoms. The third-order valence-electron chi connectivity index (χ3n) is 4.12. The van der Waals surface area contributed by atoms with Gasteiger partial charge >= 0.3 is 0 Å². The van der Waals surface area contributed by atoms with Gasteiger partial charge in [-0.2, -0.15) is 0 Å². The van der Waals surface area contributed by atoms with Gasteiger partial charge in [0.15, 0.2) is 0 Å². The number of imide groups is 1. The number of aromatic nitrogens is 1. The Hall–Kier alpha value is -3.29. The van der Waals surface area contributed by atoms with Crippen molar-refractivity contribution in [1.29, 1.82) is 0 Å². The average Bonchev–Trinajstić information content (AvgIpc) is 2.83. The molecule has 0 fully saturated rings. The third-order valence-corrected chi connectivity index (χ3v) is 4.12. The molecule has 0 atom stereocenters. The van der Waals surface area contributed by atoms with E-state index in [1.807, 2.05) is 0 Å². The molecule has 0 bridgehead atoms. The summed E-state index contributed by atoms with van der Waals surface area (Å²) in [5.74, 6) is -0.716. The van der Waals surface area contributed by atoms with E-state index in [4.69, 9.17) is 0 Å². The summed E-state index contributed by atoms with van der Waals surface area (Å²) in [6.07, 6.45) is 1.50. The Morgan fingerprint density at radius 3 is 2.20 bits per heavy atom. The van der Waals surface area contributed by atoms with Gasteiger partial charge < -0.3 is 4.57 Å². The van der Waals surface area contributed by atoms with E-state index in [1.165, 1.54) is 23.8 Å². The highest BCUT2D eigenvalue weighted by Crippen LogP contribution is 2.22. The van der Waals surface area contributed by atoms with Gasteiger partial charge in [-0.1, -0.05) is 12.1 Å². The van der Waals surface area contributed by atoms with Crippen molar-refractivity contribution in [2.75, 3.05) is 6.54 Å². The lowest BCUT2D eigenvalue weighted by molar-refractivity contribution is -0.385. The highest BCUT2D eigenvalue weighted by atomic mass is 16.6. The van der Waals surface area contributed by atoms with Gasteiger partial charge in [0.25, 0.3) is 23.1 Å². The number of rotatable bonds is 5. The Labute approximate surface area is 142 Å². The summed E-state index contributed by atoms with van der Waals surface area (Å²) in [5, 5.41) is 10.9. The fraction of sp³-hybridized carbons (Fsp3) is 0.235. The van der Waals surface area contributed by atoms with Crippen LogP contribution in [0.3, 0.4) is 0 Å². The Kier molecular flexibility index (Phi) is 4.18. The largest absolute Gasteiger partial charge is 0.309 e. The number of pyridine rings is 1. The van der Waals surface area contributed by atoms with Crippen LogP contribution in [-0.4, -0.2) is 32.7 Å². The number of benzene rings is 1. The Bertz CT molecular complexity index is 913. The van der Waals surface area contributed by atoms with Crippen LogP contribution in [0, 0.1) is 17.0 Å². The molecule has 2 heterocycles. The van der Waals surface area contributed by atoms with Crippen molar-refractivity contribution in [3.05, 3.63) is 73.7 Å². The van der Waals surface area contributed by atoms with Crippen LogP contribution in [0.4, 0.5) is 5.69 Å². The van der Waals surface area contributed by atoms with E-state index < -0.39 is 4.92 Å². The molecule has 3 rings (SSSR count). The summed E-state index contributed by atoms with van der Waals surface area (Å²) in [6, 6.07) is 7.81. The summed E-state index contributed by atoms with van der Waals surface area (Å²) in [4.78, 5) is 48.1. The average molecular weight is 341 g/mol. The highest BCUT2D eigenvalue weighted by molar-refractivity contribution is 6.21. The predicted molar refractivity (Wildman–Crippen MR) is 88.5 cm³/mol. The Balaban J connectivity index is 1.73. The van der Waals surface area contributed by atoms with Crippen LogP contribution in [-0.2, 0) is 6.54 Å². The lowest BCUT2D eigenvalue weighted by Crippen LogP contribution is -2.32. The van der Waals surface area contributed by atoms with Crippen molar-refractivity contribution >= 4 is 17.5 Å². The van der Waals surface area contributed by atoms with Crippen molar-refractivity contribution in [1.82, 2.24) is 9.47 Å². The molecule has 8 nitrogen and oxygen atoms in total. The summed E-state index contributed by atoms with van der Waals surface area (Å²) in [5.41, 5.74) is 0.521. The molecule has 8 heteroatoms. The molecule has 128 valence electrons. The van der Waals surface area contributed by atoms with Gasteiger partial charge in [0, 0.05) is 24.7 Å². The van der Waals surface area contributed by atoms with Gasteiger partial charge in [0.2, 0.25) is 0 Å². The van der Waals surface area contributed by atoms with Crippen molar-refractivity contribution in [2.24, 2.45) is 0 Å². The molecule has 25 heavy (non-hydrogen) atoms. The second-order valence-corrected chi connectivity index (χ2v) is 5.80. The molecule has 0 unspecified atom stereocenters. The van der Waals surface area contributed by atoms with Crippen molar-refractivity contribution in [2.45, 2.75) is 19.9 Å². The van der Waals surface area contributed by atoms with Crippen LogP contribution in [0.5, 0.6) is 0 Å². The molecule has 0 saturated heterocycles. The zero-order valence-electron chi connectivity index (χ0n) is 13.5. The fourth-order valence-corrected chi connectivity index (χ4v) is 2.87. The summed E-state index contributed by atoms with van der Waals surface area (Å²) in [7, 11) is 0. The maximum Gasteiger partial charge on any atom is 0.286 e. The lowest BCUT2D eigenvalue weighted by Gasteiger charge is -2.14. The van der Waals surface area contributed by atoms with Crippen molar-refractivity contribution in [3.63, 3.8) is 0 Å². The monoisotopic (exact) mass is 341 g/mol. The first-order valence-corrected chi connectivity index (χ1v) is 7.71. The molecule has 2 aromatic rings. The SMILES string of the molecule is Cc1cc([N+](=O)[O-])cn(CCCN2C(=O)c3ccccc3C2=O)c1=O. The van der Waals surface area contributed by atoms with E-state index in [9.17, 15) is 24.5 Å². The van der Waals surface area contributed by atoms with E-state index in [2.05, 4.69) is 0 Å². The first kappa shape index (κ1) is 16.6. The van der Waals surface area contributed by atoms with Crippen LogP contribution in [0.15, 0.2) is 41.3 Å². The maximum atomic E-state index is 12.3. The van der Waals surface area contributed by atoms with Gasteiger partial charge in [-0.3, -0.25) is 29.4 Å². The predicted octanol–water partition coefficient (Wildman–Crippen LogP) is 1.75. The molecule has 0 radical (unpaired) electrons. The third kappa shape index (κ3) is 2.93. The first-order valence-electron chi connectivity index (χ1n) is 7.71. The topological polar surface area (TPSA) is 103 Å². The smallest absolute Gasteiger partial charge is 0.286 e. The first-order chi connectivity index (χ1) is 11.9. The maximum absolute atomic E-state index is 12.3. The molecule has 2 amide bonds. The quantitative estimate of drug-likeness (QED) is 0.468. The van der Waals surface area contributed by atoms with Gasteiger partial charge in [0.1, 0.15) is 0 Å². The summed E-state index contributed by atoms with van der Waals surface area (Å²) < 4.78 is 1.24. The van der Waals surface area contributed by atoms with Crippen molar-refractivity contribution in [3.8, 4) is 0 Å². The van der Waals surface area contributed by atoms with E-state index in [-0.39, 0.29) is 41.7 Å². The van der Waals surface area contributed by atoms with Gasteiger partial charge in [-0.05, 0) is 25.5 Å². The minimum absolute atomic E-state index is 0.139. The molecule has 0 aliphatic carbocycles. The number of hydrogen-bond donors (Lipinski definition) is 0. The van der Waals surface area contributed by atoms with Gasteiger partial charge in [-0.15, -0.1) is 0 Å². The molecule has 0 N–H and O–H groups in total. The van der Waals surface area contributed by atoms with Crippen LogP contribution >= 0.6 is 0 Å². The number of carbonyl (C=O) groups is 2. The molecule has 0 saturated carbocycles. The second-order valence-electron chi connectivity index (χ2n) is 5.80. The fourth-order valence-electron chi connectivity index (χ4n) is 2.87. The zero-order valence-corrected chi connectivity index (χ0v) is 13.5. The van der Waals surface area contributed by atoms with Gasteiger partial charge in [-0.25, -0.2) is 0 Å². The Morgan fingerprint density at radius 2 is 1.64 bits per heavy atom. The minimum Gasteiger partial charge on any atom is -0.309 e. The van der Waals surface area contributed by atoms with E-state index in [0.717, 1.165) is 4.90 Å². The molecule has 1 aromatic heterocycles. The minimum atomic E-state index is -0.562. The normalized spacial score (nSPS) is 13.2. The summed E-state index contributed by atoms with van der Waals surface area (Å²) >= 11 is 0. The zero-order chi connectivity index (χ0) is 18.1. The van der Waals surface area contributed by atoms with Crippen LogP contribution < -0.4 is 5.56 Å². The number of carbonyl (C=O) groups excluding carboxylic acids is 2. The summed E-state index contributed by atoms with van der Waals surface area (Å²) in [6.45, 7) is 1.82. The van der Waals surface area contributed by atoms with Crippen LogP contribution in [0.2, 0.25) is 0 Å². The molecular weight excluding hydrogens is 326 g/mol. The van der Waals surface area contributed by atoms with Crippen LogP contribution in [0.1, 0.15) is 32.7 Å². The number of amides is 2. The highest BCUT2D eigenvalue weighted by Gasteiger charge is 2.34. The number of nitrogens with zero attached hydrogens (tertiary/aromatic N) is 3. The molecular formula is C17H15N3O5. The number of fused-ring (bicyclic) bond motifs is 1. The molecule has 1 aromatic carbocycles. The van der Waals surface area contributed by atoms with Crippen molar-refractivity contribution < 1.29 is 14.5 Å². The molecule has 1 aliphatic heterocycles. The number of nitro groups is 1. The van der Waals surface area contributed by atoms with Gasteiger partial charge in [0.05, 0.1) is 22.2 Å².